The lowest BCUT2D eigenvalue weighted by molar-refractivity contribution is -0.146. The number of benzene rings is 1. The third-order valence-corrected chi connectivity index (χ3v) is 10.1. The van der Waals surface area contributed by atoms with Crippen LogP contribution < -0.4 is 10.6 Å². The van der Waals surface area contributed by atoms with Crippen molar-refractivity contribution in [1.29, 1.82) is 0 Å². The number of nitrogens with one attached hydrogen (secondary N) is 2. The Hall–Kier alpha value is -3.06. The van der Waals surface area contributed by atoms with Crippen LogP contribution >= 0.6 is 0 Å². The lowest BCUT2D eigenvalue weighted by Crippen LogP contribution is -2.55. The number of carbonyl (C=O) groups excluding carboxylic acids is 4. The summed E-state index contributed by atoms with van der Waals surface area (Å²) >= 11 is 0. The highest BCUT2D eigenvalue weighted by atomic mass is 16.5. The summed E-state index contributed by atoms with van der Waals surface area (Å²) in [5.41, 5.74) is 1.14. The summed E-state index contributed by atoms with van der Waals surface area (Å²) in [5, 5.41) is 5.84. The summed E-state index contributed by atoms with van der Waals surface area (Å²) < 4.78 is 17.6. The van der Waals surface area contributed by atoms with E-state index in [0.717, 1.165) is 12.0 Å². The molecule has 12 nitrogen and oxygen atoms in total. The van der Waals surface area contributed by atoms with Crippen LogP contribution in [0.5, 0.6) is 0 Å². The van der Waals surface area contributed by atoms with E-state index in [2.05, 4.69) is 24.5 Å². The summed E-state index contributed by atoms with van der Waals surface area (Å²) in [6.45, 7) is 14.8. The molecule has 0 spiro atoms. The van der Waals surface area contributed by atoms with Gasteiger partial charge in [0.05, 0.1) is 55.3 Å². The third kappa shape index (κ3) is 14.1. The summed E-state index contributed by atoms with van der Waals surface area (Å²) in [5.74, 6) is -1.23. The average molecular weight is 734 g/mol. The summed E-state index contributed by atoms with van der Waals surface area (Å²) in [6.07, 6.45) is 1.88. The van der Waals surface area contributed by atoms with Crippen LogP contribution in [0.3, 0.4) is 0 Å². The minimum Gasteiger partial charge on any atom is -0.380 e. The van der Waals surface area contributed by atoms with Gasteiger partial charge in [-0.05, 0) is 44.3 Å². The van der Waals surface area contributed by atoms with Gasteiger partial charge in [-0.3, -0.25) is 24.1 Å². The average Bonchev–Trinajstić information content (AvgIpc) is 3.55. The van der Waals surface area contributed by atoms with E-state index in [4.69, 9.17) is 14.2 Å². The van der Waals surface area contributed by atoms with E-state index >= 15 is 0 Å². The van der Waals surface area contributed by atoms with Gasteiger partial charge in [-0.1, -0.05) is 91.6 Å². The number of carbonyl (C=O) groups is 4. The Morgan fingerprint density at radius 1 is 0.904 bits per heavy atom. The second-order valence-electron chi connectivity index (χ2n) is 14.7. The van der Waals surface area contributed by atoms with Gasteiger partial charge in [0.1, 0.15) is 0 Å². The van der Waals surface area contributed by atoms with Gasteiger partial charge in [-0.25, -0.2) is 0 Å². The Labute approximate surface area is 314 Å². The van der Waals surface area contributed by atoms with E-state index in [0.29, 0.717) is 25.9 Å². The van der Waals surface area contributed by atoms with Crippen molar-refractivity contribution < 1.29 is 33.4 Å². The molecule has 52 heavy (non-hydrogen) atoms. The number of rotatable bonds is 20. The van der Waals surface area contributed by atoms with Crippen molar-refractivity contribution in [1.82, 2.24) is 25.3 Å². The van der Waals surface area contributed by atoms with Crippen LogP contribution in [0.15, 0.2) is 30.3 Å². The van der Waals surface area contributed by atoms with E-state index in [1.165, 1.54) is 6.42 Å². The van der Waals surface area contributed by atoms with Crippen molar-refractivity contribution in [2.75, 3.05) is 62.1 Å². The van der Waals surface area contributed by atoms with Gasteiger partial charge in [-0.15, -0.1) is 0 Å². The predicted molar refractivity (Wildman–Crippen MR) is 207 cm³/mol. The maximum Gasteiger partial charge on any atom is 0.242 e. The zero-order chi connectivity index (χ0) is 39.5. The number of hydrogen-bond donors (Lipinski definition) is 2. The highest BCUT2D eigenvalue weighted by molar-refractivity contribution is 5.87. The number of hydrogen-bond acceptors (Lipinski definition) is 8. The molecule has 0 radical (unpaired) electrons. The van der Waals surface area contributed by atoms with Crippen LogP contribution in [0.25, 0.3) is 0 Å². The van der Waals surface area contributed by atoms with Crippen molar-refractivity contribution in [2.24, 2.45) is 17.8 Å². The molecule has 0 bridgehead atoms. The Kier molecular flexibility index (Phi) is 21.9. The zero-order valence-corrected chi connectivity index (χ0v) is 34.4. The monoisotopic (exact) mass is 734 g/mol. The fourth-order valence-corrected chi connectivity index (χ4v) is 7.14. The highest BCUT2D eigenvalue weighted by Gasteiger charge is 2.45. The number of likely N-dealkylation sites (N-methyl/N-ethyl adjacent to an activating group) is 2. The molecule has 12 heteroatoms. The van der Waals surface area contributed by atoms with Crippen LogP contribution in [0.2, 0.25) is 0 Å². The molecule has 7 unspecified atom stereocenters. The molecule has 0 aromatic heterocycles. The van der Waals surface area contributed by atoms with Gasteiger partial charge >= 0.3 is 0 Å². The molecule has 2 N–H and O–H groups in total. The van der Waals surface area contributed by atoms with E-state index in [1.54, 1.807) is 38.2 Å². The molecule has 1 fully saturated rings. The van der Waals surface area contributed by atoms with Gasteiger partial charge in [0, 0.05) is 41.5 Å². The summed E-state index contributed by atoms with van der Waals surface area (Å²) in [6, 6.07) is 8.78. The minimum absolute atomic E-state index is 0.0000144. The summed E-state index contributed by atoms with van der Waals surface area (Å²) in [4.78, 5) is 59.0. The second-order valence-corrected chi connectivity index (χ2v) is 14.7. The van der Waals surface area contributed by atoms with Gasteiger partial charge in [0.2, 0.25) is 23.6 Å². The lowest BCUT2D eigenvalue weighted by atomic mass is 9.90. The molecule has 298 valence electrons. The normalized spacial score (nSPS) is 19.2. The maximum absolute atomic E-state index is 14.1. The Balaban J connectivity index is 0.00000434. The van der Waals surface area contributed by atoms with Crippen molar-refractivity contribution in [3.8, 4) is 0 Å². The van der Waals surface area contributed by atoms with Gasteiger partial charge < -0.3 is 34.6 Å². The molecule has 1 aromatic carbocycles. The number of likely N-dealkylation sites (tertiary alicyclic amines) is 1. The van der Waals surface area contributed by atoms with Crippen LogP contribution in [-0.2, 0) is 39.8 Å². The van der Waals surface area contributed by atoms with Crippen molar-refractivity contribution in [2.45, 2.75) is 117 Å². The van der Waals surface area contributed by atoms with Crippen LogP contribution in [-0.4, -0.2) is 137 Å². The Morgan fingerprint density at radius 3 is 2.02 bits per heavy atom. The molecule has 1 aromatic rings. The first-order chi connectivity index (χ1) is 24.6. The molecule has 0 aliphatic carbocycles. The standard InChI is InChI=1S/C37H63N5O7.C3H8/c1-12-25(4)34(41(8)32(44)22-39-37(46)33(24(2)3)40(6)7)30(48-10)21-31(43)42-23-28(47-9)20-29(42)35(49-11)26(5)36(45)38-19-18-27-16-14-13-15-17-27;1-3-2/h13-17,24-26,28-30,33-35H,12,18-23H2,1-11H3,(H,38,45)(H,39,46);3H2,1-2H3/t25-,26?,28?,29?,30?,33?,34?,35?;/m0./s1. The fraction of sp³-hybridized carbons (Fsp3) is 0.750. The molecule has 2 rings (SSSR count). The second kappa shape index (κ2) is 24.3. The van der Waals surface area contributed by atoms with Gasteiger partial charge in [0.25, 0.3) is 0 Å². The van der Waals surface area contributed by atoms with Gasteiger partial charge in [-0.2, -0.15) is 0 Å². The molecule has 4 amide bonds. The van der Waals surface area contributed by atoms with E-state index < -0.39 is 30.2 Å². The first-order valence-corrected chi connectivity index (χ1v) is 19.0. The number of methoxy groups -OCH3 is 3. The van der Waals surface area contributed by atoms with Crippen LogP contribution in [0.1, 0.15) is 79.7 Å². The molecule has 1 saturated heterocycles. The number of ether oxygens (including phenoxy) is 3. The van der Waals surface area contributed by atoms with Crippen molar-refractivity contribution in [3.63, 3.8) is 0 Å². The topological polar surface area (TPSA) is 130 Å². The van der Waals surface area contributed by atoms with Crippen LogP contribution in [0.4, 0.5) is 0 Å². The van der Waals surface area contributed by atoms with Crippen molar-refractivity contribution in [3.05, 3.63) is 35.9 Å². The Bertz CT molecular complexity index is 1190. The third-order valence-electron chi connectivity index (χ3n) is 10.1. The molecule has 1 aliphatic heterocycles. The largest absolute Gasteiger partial charge is 0.380 e. The Morgan fingerprint density at radius 2 is 1.52 bits per heavy atom. The number of amides is 4. The molecular formula is C40H71N5O7. The van der Waals surface area contributed by atoms with Crippen LogP contribution in [0, 0.1) is 17.8 Å². The lowest BCUT2D eigenvalue weighted by Gasteiger charge is -2.39. The first kappa shape index (κ1) is 47.0. The van der Waals surface area contributed by atoms with Gasteiger partial charge in [0.15, 0.2) is 0 Å². The quantitative estimate of drug-likeness (QED) is 0.206. The summed E-state index contributed by atoms with van der Waals surface area (Å²) in [7, 11) is 10.1. The van der Waals surface area contributed by atoms with Crippen molar-refractivity contribution >= 4 is 23.6 Å². The molecule has 1 heterocycles. The molecule has 8 atom stereocenters. The zero-order valence-electron chi connectivity index (χ0n) is 34.4. The highest BCUT2D eigenvalue weighted by Crippen LogP contribution is 2.30. The molecule has 0 saturated carbocycles. The number of nitrogens with zero attached hydrogens (tertiary/aromatic N) is 3. The fourth-order valence-electron chi connectivity index (χ4n) is 7.14. The first-order valence-electron chi connectivity index (χ1n) is 19.0. The van der Waals surface area contributed by atoms with E-state index in [9.17, 15) is 19.2 Å². The van der Waals surface area contributed by atoms with E-state index in [-0.39, 0.29) is 60.6 Å². The smallest absolute Gasteiger partial charge is 0.242 e. The molecular weight excluding hydrogens is 662 g/mol. The van der Waals surface area contributed by atoms with E-state index in [1.807, 2.05) is 83.9 Å². The maximum atomic E-state index is 14.1. The minimum atomic E-state index is -0.612. The molecule has 1 aliphatic rings. The predicted octanol–water partition coefficient (Wildman–Crippen LogP) is 4.01. The SMILES string of the molecule is CCC.CC[C@H](C)C(C(CC(=O)N1CC(OC)CC1C(OC)C(C)C(=O)NCCc1ccccc1)OC)N(C)C(=O)CNC(=O)C(C(C)C)N(C)C.